The lowest BCUT2D eigenvalue weighted by Crippen LogP contribution is -2.20. The number of halogens is 1. The summed E-state index contributed by atoms with van der Waals surface area (Å²) in [6, 6.07) is 5.31. The number of anilines is 1. The Hall–Kier alpha value is -3.34. The molecular weight excluding hydrogens is 279 g/mol. The van der Waals surface area contributed by atoms with Gasteiger partial charge in [-0.05, 0) is 12.1 Å². The summed E-state index contributed by atoms with van der Waals surface area (Å²) in [7, 11) is 0. The van der Waals surface area contributed by atoms with Gasteiger partial charge in [0.2, 0.25) is 0 Å². The number of carboxylic acids is 1. The Morgan fingerprint density at radius 3 is 2.52 bits per heavy atom. The fourth-order valence-electron chi connectivity index (χ4n) is 1.58. The lowest BCUT2D eigenvalue weighted by Gasteiger charge is -2.08. The quantitative estimate of drug-likeness (QED) is 0.881. The van der Waals surface area contributed by atoms with Gasteiger partial charge in [0.15, 0.2) is 11.4 Å². The van der Waals surface area contributed by atoms with Gasteiger partial charge in [-0.1, -0.05) is 6.07 Å². The second-order valence-electron chi connectivity index (χ2n) is 3.79. The highest BCUT2D eigenvalue weighted by Crippen LogP contribution is 2.18. The van der Waals surface area contributed by atoms with Crippen LogP contribution in [0.3, 0.4) is 0 Å². The average molecular weight is 286 g/mol. The number of aromatic carboxylic acids is 1. The minimum atomic E-state index is -1.42. The van der Waals surface area contributed by atoms with Crippen LogP contribution in [0.4, 0.5) is 10.1 Å². The van der Waals surface area contributed by atoms with Gasteiger partial charge in [-0.25, -0.2) is 19.2 Å². The molecule has 21 heavy (non-hydrogen) atoms. The SMILES string of the molecule is N#Cc1c(F)cccc1NC(=O)c1nccnc1C(=O)O. The van der Waals surface area contributed by atoms with Crippen molar-refractivity contribution in [1.82, 2.24) is 9.97 Å². The molecule has 1 amide bonds. The van der Waals surface area contributed by atoms with Gasteiger partial charge in [0.25, 0.3) is 5.91 Å². The summed E-state index contributed by atoms with van der Waals surface area (Å²) in [4.78, 5) is 30.2. The Kier molecular flexibility index (Phi) is 3.85. The first kappa shape index (κ1) is 14.1. The third-order valence-corrected chi connectivity index (χ3v) is 2.49. The van der Waals surface area contributed by atoms with E-state index < -0.39 is 29.1 Å². The lowest BCUT2D eigenvalue weighted by molar-refractivity contribution is 0.0685. The predicted molar refractivity (Wildman–Crippen MR) is 68.1 cm³/mol. The molecule has 0 saturated heterocycles. The molecule has 0 spiro atoms. The molecule has 0 atom stereocenters. The number of carboxylic acid groups (broad SMARTS) is 1. The van der Waals surface area contributed by atoms with Crippen molar-refractivity contribution >= 4 is 17.6 Å². The van der Waals surface area contributed by atoms with Crippen molar-refractivity contribution in [2.24, 2.45) is 0 Å². The largest absolute Gasteiger partial charge is 0.476 e. The normalized spacial score (nSPS) is 9.71. The van der Waals surface area contributed by atoms with Crippen molar-refractivity contribution in [1.29, 1.82) is 5.26 Å². The number of amides is 1. The summed E-state index contributed by atoms with van der Waals surface area (Å²) in [5.41, 5.74) is -1.40. The molecule has 0 radical (unpaired) electrons. The van der Waals surface area contributed by atoms with Crippen LogP contribution in [0.5, 0.6) is 0 Å². The van der Waals surface area contributed by atoms with Gasteiger partial charge in [0, 0.05) is 12.4 Å². The lowest BCUT2D eigenvalue weighted by atomic mass is 10.1. The number of benzene rings is 1. The zero-order valence-corrected chi connectivity index (χ0v) is 10.4. The van der Waals surface area contributed by atoms with E-state index in [-0.39, 0.29) is 11.3 Å². The fraction of sp³-hybridized carbons (Fsp3) is 0. The van der Waals surface area contributed by atoms with Gasteiger partial charge in [-0.3, -0.25) is 4.79 Å². The van der Waals surface area contributed by atoms with E-state index in [1.807, 2.05) is 0 Å². The molecule has 7 nitrogen and oxygen atoms in total. The maximum atomic E-state index is 13.4. The van der Waals surface area contributed by atoms with E-state index in [1.165, 1.54) is 12.1 Å². The van der Waals surface area contributed by atoms with Crippen molar-refractivity contribution in [3.8, 4) is 6.07 Å². The van der Waals surface area contributed by atoms with E-state index in [1.54, 1.807) is 6.07 Å². The average Bonchev–Trinajstić information content (AvgIpc) is 2.47. The minimum absolute atomic E-state index is 0.0792. The molecule has 0 aliphatic carbocycles. The number of nitrogens with one attached hydrogen (secondary N) is 1. The number of nitrogens with zero attached hydrogens (tertiary/aromatic N) is 3. The minimum Gasteiger partial charge on any atom is -0.476 e. The molecule has 1 aromatic carbocycles. The maximum Gasteiger partial charge on any atom is 0.356 e. The van der Waals surface area contributed by atoms with Crippen LogP contribution in [0.25, 0.3) is 0 Å². The molecule has 0 aliphatic rings. The van der Waals surface area contributed by atoms with Gasteiger partial charge in [0.05, 0.1) is 5.69 Å². The molecular formula is C13H7FN4O3. The van der Waals surface area contributed by atoms with Crippen molar-refractivity contribution in [2.45, 2.75) is 0 Å². The van der Waals surface area contributed by atoms with Crippen LogP contribution in [-0.4, -0.2) is 27.0 Å². The molecule has 1 heterocycles. The van der Waals surface area contributed by atoms with Crippen LogP contribution < -0.4 is 5.32 Å². The number of hydrogen-bond donors (Lipinski definition) is 2. The van der Waals surface area contributed by atoms with E-state index >= 15 is 0 Å². The summed E-state index contributed by atoms with van der Waals surface area (Å²) in [5, 5.41) is 20.0. The van der Waals surface area contributed by atoms with Crippen molar-refractivity contribution in [3.63, 3.8) is 0 Å². The van der Waals surface area contributed by atoms with Crippen LogP contribution in [0, 0.1) is 17.1 Å². The molecule has 0 aliphatic heterocycles. The summed E-state index contributed by atoms with van der Waals surface area (Å²) in [6.07, 6.45) is 2.28. The van der Waals surface area contributed by atoms with Crippen LogP contribution in [-0.2, 0) is 0 Å². The summed E-state index contributed by atoms with van der Waals surface area (Å²) in [5.74, 6) is -3.12. The molecule has 8 heteroatoms. The van der Waals surface area contributed by atoms with Crippen LogP contribution in [0.15, 0.2) is 30.6 Å². The number of nitriles is 1. The molecule has 2 N–H and O–H groups in total. The van der Waals surface area contributed by atoms with Crippen LogP contribution >= 0.6 is 0 Å². The van der Waals surface area contributed by atoms with Gasteiger partial charge in [0.1, 0.15) is 17.4 Å². The van der Waals surface area contributed by atoms with E-state index in [9.17, 15) is 14.0 Å². The predicted octanol–water partition coefficient (Wildman–Crippen LogP) is 1.44. The van der Waals surface area contributed by atoms with Crippen LogP contribution in [0.1, 0.15) is 26.5 Å². The molecule has 0 fully saturated rings. The van der Waals surface area contributed by atoms with E-state index in [2.05, 4.69) is 15.3 Å². The van der Waals surface area contributed by atoms with Crippen molar-refractivity contribution in [2.75, 3.05) is 5.32 Å². The van der Waals surface area contributed by atoms with E-state index in [0.29, 0.717) is 0 Å². The Labute approximate surface area is 117 Å². The zero-order chi connectivity index (χ0) is 15.4. The Morgan fingerprint density at radius 1 is 1.24 bits per heavy atom. The molecule has 0 bridgehead atoms. The molecule has 0 saturated carbocycles. The van der Waals surface area contributed by atoms with Gasteiger partial charge >= 0.3 is 5.97 Å². The van der Waals surface area contributed by atoms with E-state index in [0.717, 1.165) is 18.5 Å². The molecule has 1 aromatic heterocycles. The highest BCUT2D eigenvalue weighted by molar-refractivity contribution is 6.08. The molecule has 0 unspecified atom stereocenters. The molecule has 2 rings (SSSR count). The summed E-state index contributed by atoms with van der Waals surface area (Å²) in [6.45, 7) is 0. The number of rotatable bonds is 3. The molecule has 104 valence electrons. The monoisotopic (exact) mass is 286 g/mol. The van der Waals surface area contributed by atoms with Crippen molar-refractivity contribution in [3.05, 3.63) is 53.4 Å². The number of hydrogen-bond acceptors (Lipinski definition) is 5. The number of aromatic nitrogens is 2. The topological polar surface area (TPSA) is 116 Å². The van der Waals surface area contributed by atoms with Gasteiger partial charge in [-0.2, -0.15) is 5.26 Å². The highest BCUT2D eigenvalue weighted by atomic mass is 19.1. The maximum absolute atomic E-state index is 13.4. The second kappa shape index (κ2) is 5.75. The van der Waals surface area contributed by atoms with Crippen LogP contribution in [0.2, 0.25) is 0 Å². The third kappa shape index (κ3) is 2.82. The standard InChI is InChI=1S/C13H7FN4O3/c14-8-2-1-3-9(7(8)6-15)18-12(19)10-11(13(20)21)17-5-4-16-10/h1-5H,(H,18,19)(H,20,21). The first-order valence-electron chi connectivity index (χ1n) is 5.59. The van der Waals surface area contributed by atoms with Gasteiger partial charge in [-0.15, -0.1) is 0 Å². The first-order chi connectivity index (χ1) is 10.0. The third-order valence-electron chi connectivity index (χ3n) is 2.49. The first-order valence-corrected chi connectivity index (χ1v) is 5.59. The summed E-state index contributed by atoms with van der Waals surface area (Å²) < 4.78 is 13.4. The second-order valence-corrected chi connectivity index (χ2v) is 3.79. The van der Waals surface area contributed by atoms with Gasteiger partial charge < -0.3 is 10.4 Å². The number of carbonyl (C=O) groups is 2. The number of carbonyl (C=O) groups excluding carboxylic acids is 1. The smallest absolute Gasteiger partial charge is 0.356 e. The van der Waals surface area contributed by atoms with E-state index in [4.69, 9.17) is 10.4 Å². The zero-order valence-electron chi connectivity index (χ0n) is 10.4. The Balaban J connectivity index is 2.38. The Morgan fingerprint density at radius 2 is 1.90 bits per heavy atom. The fourth-order valence-corrected chi connectivity index (χ4v) is 1.58. The highest BCUT2D eigenvalue weighted by Gasteiger charge is 2.20. The molecule has 2 aromatic rings. The Bertz CT molecular complexity index is 770. The van der Waals surface area contributed by atoms with Crippen molar-refractivity contribution < 1.29 is 19.1 Å². The summed E-state index contributed by atoms with van der Waals surface area (Å²) >= 11 is 0.